The van der Waals surface area contributed by atoms with E-state index in [1.807, 2.05) is 0 Å². The maximum absolute atomic E-state index is 13.2. The summed E-state index contributed by atoms with van der Waals surface area (Å²) in [6, 6.07) is 5.35. The van der Waals surface area contributed by atoms with Crippen LogP contribution in [-0.4, -0.2) is 41.9 Å². The van der Waals surface area contributed by atoms with E-state index >= 15 is 0 Å². The third-order valence-corrected chi connectivity index (χ3v) is 5.10. The van der Waals surface area contributed by atoms with Crippen molar-refractivity contribution in [2.75, 3.05) is 13.7 Å². The average Bonchev–Trinajstić information content (AvgIpc) is 2.99. The zero-order valence-corrected chi connectivity index (χ0v) is 13.8. The van der Waals surface area contributed by atoms with E-state index in [2.05, 4.69) is 0 Å². The topological polar surface area (TPSA) is 80.3 Å². The van der Waals surface area contributed by atoms with E-state index < -0.39 is 29.4 Å². The normalized spacial score (nSPS) is 32.2. The Kier molecular flexibility index (Phi) is 3.91. The number of hydrogen-bond donors (Lipinski definition) is 1. The van der Waals surface area contributed by atoms with Gasteiger partial charge >= 0.3 is 5.97 Å². The number of rotatable bonds is 3. The lowest BCUT2D eigenvalue weighted by Crippen LogP contribution is -2.97. The molecule has 24 heavy (non-hydrogen) atoms. The zero-order valence-electron chi connectivity index (χ0n) is 13.8. The first-order valence-electron chi connectivity index (χ1n) is 7.91. The maximum Gasteiger partial charge on any atom is 0.368 e. The molecule has 2 aliphatic heterocycles. The molecule has 6 nitrogen and oxygen atoms in total. The number of nitrogens with two attached hydrogens (primary N) is 1. The molecule has 7 heteroatoms. The summed E-state index contributed by atoms with van der Waals surface area (Å²) in [5.41, 5.74) is -0.479. The van der Waals surface area contributed by atoms with Gasteiger partial charge in [0.2, 0.25) is 17.4 Å². The Morgan fingerprint density at radius 3 is 2.50 bits per heavy atom. The fraction of sp³-hybridized carbons (Fsp3) is 0.471. The molecule has 2 aliphatic rings. The smallest absolute Gasteiger partial charge is 0.368 e. The molecule has 0 aromatic heterocycles. The van der Waals surface area contributed by atoms with Crippen LogP contribution in [0.25, 0.3) is 0 Å². The van der Waals surface area contributed by atoms with E-state index in [9.17, 15) is 18.8 Å². The van der Waals surface area contributed by atoms with Crippen LogP contribution in [0.15, 0.2) is 24.3 Å². The van der Waals surface area contributed by atoms with Gasteiger partial charge in [-0.2, -0.15) is 0 Å². The lowest BCUT2D eigenvalue weighted by molar-refractivity contribution is -0.731. The van der Waals surface area contributed by atoms with Gasteiger partial charge in [-0.05, 0) is 19.1 Å². The highest BCUT2D eigenvalue weighted by atomic mass is 19.1. The van der Waals surface area contributed by atoms with Gasteiger partial charge in [-0.1, -0.05) is 12.1 Å². The summed E-state index contributed by atoms with van der Waals surface area (Å²) < 4.78 is 18.4. The number of fused-ring (bicyclic) bond motifs is 1. The number of esters is 1. The number of halogens is 1. The standard InChI is InChI=1S/C17H19FN2O4/c1-4-24-16(23)17(2)12-11(14(21)20(3)15(12)22)13(19-17)9-5-7-10(18)8-6-9/h5-8,11-13,19H,4H2,1-3H3/p+1/t11-,12-,13-,17-/m0/s1. The minimum absolute atomic E-state index is 0.193. The molecule has 2 amide bonds. The molecular weight excluding hydrogens is 315 g/mol. The van der Waals surface area contributed by atoms with Gasteiger partial charge in [0.25, 0.3) is 0 Å². The number of amides is 2. The number of benzene rings is 1. The van der Waals surface area contributed by atoms with Gasteiger partial charge in [-0.3, -0.25) is 14.5 Å². The Balaban J connectivity index is 2.06. The molecule has 1 aromatic rings. The fourth-order valence-corrected chi connectivity index (χ4v) is 3.88. The number of ether oxygens (including phenoxy) is 1. The second kappa shape index (κ2) is 5.66. The second-order valence-electron chi connectivity index (χ2n) is 6.49. The molecule has 2 N–H and O–H groups in total. The molecule has 4 atom stereocenters. The van der Waals surface area contributed by atoms with Crippen molar-refractivity contribution >= 4 is 17.8 Å². The Labute approximate surface area is 139 Å². The van der Waals surface area contributed by atoms with Crippen molar-refractivity contribution in [2.45, 2.75) is 25.4 Å². The lowest BCUT2D eigenvalue weighted by Gasteiger charge is -2.25. The number of imide groups is 1. The molecule has 128 valence electrons. The van der Waals surface area contributed by atoms with E-state index in [4.69, 9.17) is 4.74 Å². The number of quaternary nitrogens is 1. The van der Waals surface area contributed by atoms with Gasteiger partial charge < -0.3 is 10.1 Å². The Morgan fingerprint density at radius 1 is 1.29 bits per heavy atom. The fourth-order valence-electron chi connectivity index (χ4n) is 3.88. The van der Waals surface area contributed by atoms with Crippen LogP contribution in [0.3, 0.4) is 0 Å². The van der Waals surface area contributed by atoms with Crippen LogP contribution in [0.1, 0.15) is 25.5 Å². The van der Waals surface area contributed by atoms with E-state index in [1.165, 1.54) is 19.2 Å². The van der Waals surface area contributed by atoms with E-state index in [-0.39, 0.29) is 24.2 Å². The average molecular weight is 335 g/mol. The van der Waals surface area contributed by atoms with E-state index in [0.717, 1.165) is 4.90 Å². The van der Waals surface area contributed by atoms with Crippen LogP contribution in [0.2, 0.25) is 0 Å². The highest BCUT2D eigenvalue weighted by Crippen LogP contribution is 2.43. The lowest BCUT2D eigenvalue weighted by atomic mass is 9.80. The molecule has 2 heterocycles. The first kappa shape index (κ1) is 16.6. The summed E-state index contributed by atoms with van der Waals surface area (Å²) in [6.45, 7) is 3.52. The number of carbonyl (C=O) groups is 3. The van der Waals surface area contributed by atoms with Crippen LogP contribution >= 0.6 is 0 Å². The van der Waals surface area contributed by atoms with Gasteiger partial charge in [0, 0.05) is 19.5 Å². The molecule has 0 aliphatic carbocycles. The third-order valence-electron chi connectivity index (χ3n) is 5.10. The summed E-state index contributed by atoms with van der Waals surface area (Å²) in [6.07, 6.45) is 0. The predicted octanol–water partition coefficient (Wildman–Crippen LogP) is -0.00340. The van der Waals surface area contributed by atoms with E-state index in [1.54, 1.807) is 31.3 Å². The molecule has 0 unspecified atom stereocenters. The molecule has 2 fully saturated rings. The zero-order chi connectivity index (χ0) is 17.6. The molecule has 3 rings (SSSR count). The molecule has 0 spiro atoms. The summed E-state index contributed by atoms with van der Waals surface area (Å²) in [7, 11) is 1.43. The van der Waals surface area contributed by atoms with Gasteiger partial charge in [-0.25, -0.2) is 9.18 Å². The van der Waals surface area contributed by atoms with Crippen molar-refractivity contribution in [2.24, 2.45) is 11.8 Å². The molecule has 0 radical (unpaired) electrons. The highest BCUT2D eigenvalue weighted by Gasteiger charge is 2.70. The largest absolute Gasteiger partial charge is 0.461 e. The van der Waals surface area contributed by atoms with Crippen molar-refractivity contribution in [3.8, 4) is 0 Å². The van der Waals surface area contributed by atoms with Crippen LogP contribution in [-0.2, 0) is 19.1 Å². The summed E-state index contributed by atoms with van der Waals surface area (Å²) >= 11 is 0. The van der Waals surface area contributed by atoms with Crippen molar-refractivity contribution in [1.82, 2.24) is 4.90 Å². The van der Waals surface area contributed by atoms with Crippen molar-refractivity contribution < 1.29 is 28.8 Å². The van der Waals surface area contributed by atoms with Gasteiger partial charge in [-0.15, -0.1) is 0 Å². The van der Waals surface area contributed by atoms with Gasteiger partial charge in [0.15, 0.2) is 0 Å². The first-order chi connectivity index (χ1) is 11.3. The van der Waals surface area contributed by atoms with Crippen molar-refractivity contribution in [3.05, 3.63) is 35.6 Å². The van der Waals surface area contributed by atoms with Crippen LogP contribution < -0.4 is 5.32 Å². The molecule has 0 bridgehead atoms. The van der Waals surface area contributed by atoms with Crippen LogP contribution in [0, 0.1) is 17.7 Å². The highest BCUT2D eigenvalue weighted by molar-refractivity contribution is 6.08. The van der Waals surface area contributed by atoms with Crippen LogP contribution in [0.4, 0.5) is 4.39 Å². The summed E-state index contributed by atoms with van der Waals surface area (Å²) in [5.74, 6) is -3.04. The summed E-state index contributed by atoms with van der Waals surface area (Å²) in [4.78, 5) is 38.7. The SMILES string of the molecule is CCOC(=O)[C@@]1(C)[NH2+][C@@H](c2ccc(F)cc2)[C@H]2C(=O)N(C)C(=O)[C@H]21. The molecule has 2 saturated heterocycles. The number of likely N-dealkylation sites (tertiary alicyclic amines) is 1. The molecular formula is C17H20FN2O4+. The van der Waals surface area contributed by atoms with E-state index in [0.29, 0.717) is 5.56 Å². The minimum Gasteiger partial charge on any atom is -0.461 e. The number of nitrogens with zero attached hydrogens (tertiary/aromatic N) is 1. The number of hydrogen-bond acceptors (Lipinski definition) is 4. The number of carbonyl (C=O) groups excluding carboxylic acids is 3. The predicted molar refractivity (Wildman–Crippen MR) is 80.9 cm³/mol. The summed E-state index contributed by atoms with van der Waals surface area (Å²) in [5, 5.41) is 1.72. The first-order valence-corrected chi connectivity index (χ1v) is 7.91. The molecule has 1 aromatic carbocycles. The van der Waals surface area contributed by atoms with Crippen molar-refractivity contribution in [1.29, 1.82) is 0 Å². The van der Waals surface area contributed by atoms with Crippen LogP contribution in [0.5, 0.6) is 0 Å². The third kappa shape index (κ3) is 2.23. The Bertz CT molecular complexity index is 705. The maximum atomic E-state index is 13.2. The minimum atomic E-state index is -1.18. The quantitative estimate of drug-likeness (QED) is 0.623. The van der Waals surface area contributed by atoms with Crippen molar-refractivity contribution in [3.63, 3.8) is 0 Å². The van der Waals surface area contributed by atoms with Gasteiger partial charge in [0.05, 0.1) is 6.61 Å². The van der Waals surface area contributed by atoms with Gasteiger partial charge in [0.1, 0.15) is 23.7 Å². The Morgan fingerprint density at radius 2 is 1.92 bits per heavy atom. The Hall–Kier alpha value is -2.28. The second-order valence-corrected chi connectivity index (χ2v) is 6.49. The monoisotopic (exact) mass is 335 g/mol. The molecule has 0 saturated carbocycles.